The summed E-state index contributed by atoms with van der Waals surface area (Å²) >= 11 is 0. The average molecular weight is 629 g/mol. The van der Waals surface area contributed by atoms with Gasteiger partial charge in [-0.1, -0.05) is 81.4 Å². The Balaban J connectivity index is 1.43. The fourth-order valence-corrected chi connectivity index (χ4v) is 7.26. The molecule has 0 saturated carbocycles. The van der Waals surface area contributed by atoms with E-state index in [1.807, 2.05) is 79.7 Å². The third-order valence-electron chi connectivity index (χ3n) is 8.75. The number of rotatable bonds is 12. The summed E-state index contributed by atoms with van der Waals surface area (Å²) in [5.41, 5.74) is 2.47. The van der Waals surface area contributed by atoms with Crippen LogP contribution in [0.25, 0.3) is 10.8 Å². The molecule has 0 unspecified atom stereocenters. The molecule has 1 atom stereocenters. The van der Waals surface area contributed by atoms with Gasteiger partial charge in [-0.15, -0.1) is 0 Å². The van der Waals surface area contributed by atoms with Gasteiger partial charge in [0.15, 0.2) is 27.7 Å². The minimum absolute atomic E-state index is 0.00545. The van der Waals surface area contributed by atoms with Crippen molar-refractivity contribution in [3.63, 3.8) is 0 Å². The molecule has 1 aliphatic carbocycles. The van der Waals surface area contributed by atoms with Crippen LogP contribution in [-0.4, -0.2) is 38.4 Å². The maximum absolute atomic E-state index is 13.7. The van der Waals surface area contributed by atoms with E-state index in [-0.39, 0.29) is 36.6 Å². The Bertz CT molecular complexity index is 1630. The van der Waals surface area contributed by atoms with Crippen LogP contribution < -0.4 is 9.47 Å². The first-order valence-corrected chi connectivity index (χ1v) is 18.3. The number of carbonyl (C=O) groups is 1. The van der Waals surface area contributed by atoms with Crippen LogP contribution in [-0.2, 0) is 33.5 Å². The highest BCUT2D eigenvalue weighted by atomic mass is 28.4. The van der Waals surface area contributed by atoms with Crippen LogP contribution in [0.4, 0.5) is 0 Å². The molecule has 0 saturated heterocycles. The minimum atomic E-state index is -2.17. The van der Waals surface area contributed by atoms with Gasteiger partial charge in [0.1, 0.15) is 17.2 Å². The predicted molar refractivity (Wildman–Crippen MR) is 178 cm³/mol. The van der Waals surface area contributed by atoms with E-state index in [1.165, 1.54) is 0 Å². The fourth-order valence-electron chi connectivity index (χ4n) is 5.58. The Morgan fingerprint density at radius 1 is 0.822 bits per heavy atom. The largest absolute Gasteiger partial charge is 0.506 e. The van der Waals surface area contributed by atoms with Crippen molar-refractivity contribution in [3.05, 3.63) is 101 Å². The van der Waals surface area contributed by atoms with E-state index in [9.17, 15) is 9.90 Å². The highest BCUT2D eigenvalue weighted by molar-refractivity contribution is 6.74. The maximum atomic E-state index is 13.7. The predicted octanol–water partition coefficient (Wildman–Crippen LogP) is 8.56. The van der Waals surface area contributed by atoms with Crippen LogP contribution in [0.2, 0.25) is 18.1 Å². The summed E-state index contributed by atoms with van der Waals surface area (Å²) in [6, 6.07) is 25.2. The quantitative estimate of drug-likeness (QED) is 0.0956. The maximum Gasteiger partial charge on any atom is 0.192 e. The van der Waals surface area contributed by atoms with E-state index >= 15 is 0 Å². The van der Waals surface area contributed by atoms with Crippen molar-refractivity contribution in [2.75, 3.05) is 13.6 Å². The Labute approximate surface area is 267 Å². The van der Waals surface area contributed by atoms with Gasteiger partial charge in [0.05, 0.1) is 29.8 Å². The molecule has 0 aliphatic heterocycles. The SMILES string of the molecule is CC(C)(C)[Si](C)(C)O[C@@]1(C)CC(=O)c2c(cc3cc(OCOCc4ccccc4)cc(OCOCc4ccccc4)c3c2O)C1. The molecule has 0 aromatic heterocycles. The van der Waals surface area contributed by atoms with Gasteiger partial charge in [0.2, 0.25) is 0 Å². The van der Waals surface area contributed by atoms with Gasteiger partial charge in [0, 0.05) is 18.9 Å². The summed E-state index contributed by atoms with van der Waals surface area (Å²) in [5.74, 6) is 0.637. The second kappa shape index (κ2) is 13.3. The van der Waals surface area contributed by atoms with Crippen molar-refractivity contribution in [1.29, 1.82) is 0 Å². The highest BCUT2D eigenvalue weighted by Gasteiger charge is 2.46. The number of carbonyl (C=O) groups excluding carboxylic acids is 1. The Morgan fingerprint density at radius 3 is 1.98 bits per heavy atom. The smallest absolute Gasteiger partial charge is 0.192 e. The van der Waals surface area contributed by atoms with Crippen molar-refractivity contribution < 1.29 is 33.3 Å². The molecule has 238 valence electrons. The molecule has 1 aliphatic rings. The number of hydrogen-bond acceptors (Lipinski definition) is 7. The van der Waals surface area contributed by atoms with Crippen molar-refractivity contribution in [2.45, 2.75) is 77.5 Å². The van der Waals surface area contributed by atoms with Crippen LogP contribution in [0.3, 0.4) is 0 Å². The lowest BCUT2D eigenvalue weighted by Gasteiger charge is -2.45. The normalized spacial score (nSPS) is 16.9. The number of ether oxygens (including phenoxy) is 4. The van der Waals surface area contributed by atoms with Crippen LogP contribution in [0.5, 0.6) is 17.2 Å². The number of phenols is 1. The van der Waals surface area contributed by atoms with E-state index in [0.29, 0.717) is 47.5 Å². The first-order valence-electron chi connectivity index (χ1n) is 15.4. The summed E-state index contributed by atoms with van der Waals surface area (Å²) < 4.78 is 30.4. The van der Waals surface area contributed by atoms with Crippen LogP contribution >= 0.6 is 0 Å². The lowest BCUT2D eigenvalue weighted by atomic mass is 9.79. The Morgan fingerprint density at radius 2 is 1.40 bits per heavy atom. The molecule has 4 aromatic carbocycles. The molecule has 0 heterocycles. The number of aromatic hydroxyl groups is 1. The van der Waals surface area contributed by atoms with Gasteiger partial charge in [-0.25, -0.2) is 0 Å². The third-order valence-corrected chi connectivity index (χ3v) is 13.4. The molecule has 0 amide bonds. The van der Waals surface area contributed by atoms with E-state index < -0.39 is 13.9 Å². The molecular formula is C37H44O7Si. The molecule has 45 heavy (non-hydrogen) atoms. The van der Waals surface area contributed by atoms with Crippen molar-refractivity contribution in [1.82, 2.24) is 0 Å². The number of phenolic OH excluding ortho intramolecular Hbond substituents is 1. The Kier molecular flexibility index (Phi) is 9.70. The van der Waals surface area contributed by atoms with Crippen molar-refractivity contribution in [2.24, 2.45) is 0 Å². The summed E-state index contributed by atoms with van der Waals surface area (Å²) in [7, 11) is -2.17. The van der Waals surface area contributed by atoms with Crippen molar-refractivity contribution in [3.8, 4) is 17.2 Å². The lowest BCUT2D eigenvalue weighted by Crippen LogP contribution is -2.51. The zero-order chi connectivity index (χ0) is 32.2. The highest BCUT2D eigenvalue weighted by Crippen LogP contribution is 2.47. The van der Waals surface area contributed by atoms with Crippen LogP contribution in [0.1, 0.15) is 61.2 Å². The second-order valence-corrected chi connectivity index (χ2v) is 18.3. The van der Waals surface area contributed by atoms with Gasteiger partial charge in [-0.3, -0.25) is 4.79 Å². The zero-order valence-corrected chi connectivity index (χ0v) is 28.1. The third kappa shape index (κ3) is 7.76. The van der Waals surface area contributed by atoms with Gasteiger partial charge < -0.3 is 28.5 Å². The fraction of sp³-hybridized carbons (Fsp3) is 0.378. The van der Waals surface area contributed by atoms with E-state index in [2.05, 4.69) is 33.9 Å². The summed E-state index contributed by atoms with van der Waals surface area (Å²) in [5, 5.41) is 12.7. The van der Waals surface area contributed by atoms with Crippen LogP contribution in [0.15, 0.2) is 78.9 Å². The van der Waals surface area contributed by atoms with E-state index in [0.717, 1.165) is 16.7 Å². The first-order chi connectivity index (χ1) is 21.4. The number of Topliss-reactive ketones (excluding diaryl/α,β-unsaturated/α-hetero) is 1. The molecule has 0 bridgehead atoms. The molecule has 7 nitrogen and oxygen atoms in total. The molecule has 0 fully saturated rings. The van der Waals surface area contributed by atoms with Gasteiger partial charge in [-0.2, -0.15) is 0 Å². The molecule has 4 aromatic rings. The summed E-state index contributed by atoms with van der Waals surface area (Å²) in [4.78, 5) is 13.7. The molecular weight excluding hydrogens is 584 g/mol. The second-order valence-electron chi connectivity index (χ2n) is 13.6. The van der Waals surface area contributed by atoms with E-state index in [4.69, 9.17) is 23.4 Å². The van der Waals surface area contributed by atoms with Gasteiger partial charge in [-0.05, 0) is 59.3 Å². The number of ketones is 1. The van der Waals surface area contributed by atoms with Gasteiger partial charge in [0.25, 0.3) is 0 Å². The summed E-state index contributed by atoms with van der Waals surface area (Å²) in [6.45, 7) is 13.7. The minimum Gasteiger partial charge on any atom is -0.506 e. The molecule has 0 spiro atoms. The zero-order valence-electron chi connectivity index (χ0n) is 27.1. The molecule has 1 N–H and O–H groups in total. The molecule has 8 heteroatoms. The number of hydrogen-bond donors (Lipinski definition) is 1. The average Bonchev–Trinajstić information content (AvgIpc) is 2.97. The molecule has 5 rings (SSSR count). The van der Waals surface area contributed by atoms with Gasteiger partial charge >= 0.3 is 0 Å². The standard InChI is InChI=1S/C37H44O7Si/c1-36(2,3)45(5,6)44-37(4)20-29-17-28-18-30(42-24-40-22-26-13-9-7-10-14-26)19-32(34(28)35(39)33(29)31(38)21-37)43-25-41-23-27-15-11-8-12-16-27/h7-19,39H,20-25H2,1-6H3/t37-/m1/s1. The Hall–Kier alpha value is -3.69. The number of fused-ring (bicyclic) bond motifs is 2. The van der Waals surface area contributed by atoms with Crippen molar-refractivity contribution >= 4 is 24.9 Å². The van der Waals surface area contributed by atoms with Crippen LogP contribution in [0, 0.1) is 0 Å². The summed E-state index contributed by atoms with van der Waals surface area (Å²) in [6.07, 6.45) is 0.702. The number of benzene rings is 4. The topological polar surface area (TPSA) is 83.5 Å². The monoisotopic (exact) mass is 628 g/mol. The van der Waals surface area contributed by atoms with E-state index in [1.54, 1.807) is 6.07 Å². The first kappa shape index (κ1) is 32.7. The molecule has 0 radical (unpaired) electrons. The lowest BCUT2D eigenvalue weighted by molar-refractivity contribution is 0.00171.